The van der Waals surface area contributed by atoms with Gasteiger partial charge in [0.15, 0.2) is 11.6 Å². The van der Waals surface area contributed by atoms with Gasteiger partial charge in [0, 0.05) is 7.62 Å². The molecule has 5 nitrogen and oxygen atoms in total. The van der Waals surface area contributed by atoms with Crippen LogP contribution in [0.5, 0.6) is 5.75 Å². The molecule has 1 aromatic rings. The standard InChI is InChI=1S/C10H12N4O.H2/c1-15-8-3-2-4-13-10(8)14-9-7-11-5-6-12-9;/h2-4,7H,5-6H2,1H3,(H,12,13,14);1H. The molecule has 1 aliphatic rings. The first kappa shape index (κ1) is 9.64. The molecule has 80 valence electrons. The van der Waals surface area contributed by atoms with Crippen molar-refractivity contribution in [3.05, 3.63) is 18.3 Å². The Hall–Kier alpha value is -1.91. The molecule has 0 saturated carbocycles. The molecule has 15 heavy (non-hydrogen) atoms. The summed E-state index contributed by atoms with van der Waals surface area (Å²) in [4.78, 5) is 12.5. The first-order chi connectivity index (χ1) is 7.40. The fraction of sp³-hybridized carbons (Fsp3) is 0.300. The zero-order valence-corrected chi connectivity index (χ0v) is 8.47. The molecule has 0 atom stereocenters. The van der Waals surface area contributed by atoms with E-state index in [1.165, 1.54) is 0 Å². The number of anilines is 1. The highest BCUT2D eigenvalue weighted by Crippen LogP contribution is 2.19. The van der Waals surface area contributed by atoms with E-state index in [9.17, 15) is 0 Å². The summed E-state index contributed by atoms with van der Waals surface area (Å²) in [6.45, 7) is 1.47. The van der Waals surface area contributed by atoms with Crippen LogP contribution >= 0.6 is 0 Å². The van der Waals surface area contributed by atoms with E-state index < -0.39 is 0 Å². The number of hydrogen-bond donors (Lipinski definition) is 1. The van der Waals surface area contributed by atoms with Gasteiger partial charge >= 0.3 is 0 Å². The molecule has 5 heteroatoms. The quantitative estimate of drug-likeness (QED) is 0.791. The van der Waals surface area contributed by atoms with Crippen molar-refractivity contribution >= 4 is 17.9 Å². The second kappa shape index (κ2) is 4.54. The number of pyridine rings is 1. The lowest BCUT2D eigenvalue weighted by Gasteiger charge is -2.10. The lowest BCUT2D eigenvalue weighted by Crippen LogP contribution is -2.19. The van der Waals surface area contributed by atoms with Crippen LogP contribution < -0.4 is 10.1 Å². The van der Waals surface area contributed by atoms with Gasteiger partial charge in [0.1, 0.15) is 5.84 Å². The molecule has 0 fully saturated rings. The SMILES string of the molecule is COc1cccnc1NC1=NCCN=C1.[HH]. The fourth-order valence-electron chi connectivity index (χ4n) is 1.26. The van der Waals surface area contributed by atoms with Gasteiger partial charge in [0.05, 0.1) is 26.4 Å². The highest BCUT2D eigenvalue weighted by atomic mass is 16.5. The largest absolute Gasteiger partial charge is 0.493 e. The maximum absolute atomic E-state index is 5.16. The van der Waals surface area contributed by atoms with Crippen LogP contribution in [0.15, 0.2) is 28.3 Å². The minimum atomic E-state index is 0. The van der Waals surface area contributed by atoms with Gasteiger partial charge in [-0.3, -0.25) is 9.98 Å². The molecule has 0 aromatic carbocycles. The van der Waals surface area contributed by atoms with Crippen LogP contribution in [-0.4, -0.2) is 37.2 Å². The van der Waals surface area contributed by atoms with E-state index in [0.29, 0.717) is 18.1 Å². The third-order valence-electron chi connectivity index (χ3n) is 1.96. The summed E-state index contributed by atoms with van der Waals surface area (Å²) in [6, 6.07) is 3.66. The van der Waals surface area contributed by atoms with Crippen LogP contribution in [0.1, 0.15) is 1.43 Å². The molecule has 0 saturated heterocycles. The Morgan fingerprint density at radius 3 is 3.13 bits per heavy atom. The van der Waals surface area contributed by atoms with Crippen LogP contribution in [0.3, 0.4) is 0 Å². The molecule has 1 aliphatic heterocycles. The Morgan fingerprint density at radius 1 is 1.47 bits per heavy atom. The van der Waals surface area contributed by atoms with E-state index in [1.807, 2.05) is 12.1 Å². The van der Waals surface area contributed by atoms with E-state index in [0.717, 1.165) is 12.4 Å². The zero-order valence-electron chi connectivity index (χ0n) is 8.47. The van der Waals surface area contributed by atoms with Crippen molar-refractivity contribution in [3.63, 3.8) is 0 Å². The van der Waals surface area contributed by atoms with Gasteiger partial charge < -0.3 is 10.1 Å². The lowest BCUT2D eigenvalue weighted by atomic mass is 10.4. The highest BCUT2D eigenvalue weighted by Gasteiger charge is 2.06. The van der Waals surface area contributed by atoms with Crippen molar-refractivity contribution in [1.82, 2.24) is 4.98 Å². The molecule has 2 rings (SSSR count). The zero-order chi connectivity index (χ0) is 10.5. The van der Waals surface area contributed by atoms with E-state index in [2.05, 4.69) is 20.3 Å². The van der Waals surface area contributed by atoms with Gasteiger partial charge in [0.25, 0.3) is 0 Å². The predicted octanol–water partition coefficient (Wildman–Crippen LogP) is 1.23. The van der Waals surface area contributed by atoms with Crippen LogP contribution in [0.25, 0.3) is 0 Å². The fourth-order valence-corrected chi connectivity index (χ4v) is 1.26. The molecule has 0 aliphatic carbocycles. The van der Waals surface area contributed by atoms with Gasteiger partial charge in [-0.15, -0.1) is 0 Å². The van der Waals surface area contributed by atoms with Crippen molar-refractivity contribution < 1.29 is 6.16 Å². The van der Waals surface area contributed by atoms with Crippen molar-refractivity contribution in [2.24, 2.45) is 9.98 Å². The number of ether oxygens (including phenoxy) is 1. The highest BCUT2D eigenvalue weighted by molar-refractivity contribution is 6.35. The summed E-state index contributed by atoms with van der Waals surface area (Å²) in [6.07, 6.45) is 3.41. The van der Waals surface area contributed by atoms with Gasteiger partial charge in [-0.05, 0) is 12.1 Å². The molecule has 0 spiro atoms. The predicted molar refractivity (Wildman–Crippen MR) is 62.2 cm³/mol. The van der Waals surface area contributed by atoms with Crippen molar-refractivity contribution in [2.45, 2.75) is 0 Å². The third-order valence-corrected chi connectivity index (χ3v) is 1.96. The number of aromatic nitrogens is 1. The number of rotatable bonds is 2. The van der Waals surface area contributed by atoms with E-state index in [-0.39, 0.29) is 1.43 Å². The summed E-state index contributed by atoms with van der Waals surface area (Å²) in [5, 5.41) is 3.06. The van der Waals surface area contributed by atoms with Crippen molar-refractivity contribution in [1.29, 1.82) is 0 Å². The summed E-state index contributed by atoms with van der Waals surface area (Å²) in [5.41, 5.74) is 0. The van der Waals surface area contributed by atoms with Crippen molar-refractivity contribution in [3.8, 4) is 5.75 Å². The Morgan fingerprint density at radius 2 is 2.40 bits per heavy atom. The first-order valence-electron chi connectivity index (χ1n) is 4.70. The Labute approximate surface area is 89.4 Å². The molecule has 0 amide bonds. The number of aliphatic imine (C=N–C) groups is 2. The van der Waals surface area contributed by atoms with Gasteiger partial charge in [-0.2, -0.15) is 0 Å². The number of amidine groups is 1. The summed E-state index contributed by atoms with van der Waals surface area (Å²) in [5.74, 6) is 2.07. The monoisotopic (exact) mass is 206 g/mol. The summed E-state index contributed by atoms with van der Waals surface area (Å²) < 4.78 is 5.16. The normalized spacial score (nSPS) is 14.6. The van der Waals surface area contributed by atoms with E-state index in [1.54, 1.807) is 19.5 Å². The average Bonchev–Trinajstić information content (AvgIpc) is 2.31. The van der Waals surface area contributed by atoms with Crippen LogP contribution in [0.4, 0.5) is 5.82 Å². The first-order valence-corrected chi connectivity index (χ1v) is 4.70. The minimum absolute atomic E-state index is 0. The molecule has 2 heterocycles. The smallest absolute Gasteiger partial charge is 0.174 e. The summed E-state index contributed by atoms with van der Waals surface area (Å²) >= 11 is 0. The van der Waals surface area contributed by atoms with Crippen molar-refractivity contribution in [2.75, 3.05) is 25.5 Å². The van der Waals surface area contributed by atoms with Crippen LogP contribution in [-0.2, 0) is 0 Å². The second-order valence-electron chi connectivity index (χ2n) is 2.98. The Kier molecular flexibility index (Phi) is 2.92. The number of hydrogen-bond acceptors (Lipinski definition) is 5. The van der Waals surface area contributed by atoms with Gasteiger partial charge in [-0.1, -0.05) is 0 Å². The lowest BCUT2D eigenvalue weighted by molar-refractivity contribution is 0.415. The molecule has 1 aromatic heterocycles. The van der Waals surface area contributed by atoms with Crippen LogP contribution in [0.2, 0.25) is 0 Å². The number of nitrogens with zero attached hydrogens (tertiary/aromatic N) is 3. The Balaban J connectivity index is 0.00000128. The maximum atomic E-state index is 5.16. The molecular formula is C10H14N4O. The number of nitrogens with one attached hydrogen (secondary N) is 1. The molecule has 0 bridgehead atoms. The second-order valence-corrected chi connectivity index (χ2v) is 2.98. The summed E-state index contributed by atoms with van der Waals surface area (Å²) in [7, 11) is 1.61. The van der Waals surface area contributed by atoms with E-state index in [4.69, 9.17) is 4.74 Å². The minimum Gasteiger partial charge on any atom is -0.493 e. The molecule has 1 N–H and O–H groups in total. The topological polar surface area (TPSA) is 58.9 Å². The van der Waals surface area contributed by atoms with Gasteiger partial charge in [0.2, 0.25) is 0 Å². The average molecular weight is 206 g/mol. The molecule has 0 unspecified atom stereocenters. The van der Waals surface area contributed by atoms with Crippen LogP contribution in [0, 0.1) is 0 Å². The number of methoxy groups -OCH3 is 1. The Bertz CT molecular complexity index is 406. The molecule has 0 radical (unpaired) electrons. The molecular weight excluding hydrogens is 192 g/mol. The third kappa shape index (κ3) is 2.31. The van der Waals surface area contributed by atoms with E-state index >= 15 is 0 Å². The maximum Gasteiger partial charge on any atom is 0.174 e. The van der Waals surface area contributed by atoms with Gasteiger partial charge in [-0.25, -0.2) is 4.98 Å².